The lowest BCUT2D eigenvalue weighted by Gasteiger charge is -2.11. The van der Waals surface area contributed by atoms with Crippen molar-refractivity contribution in [2.75, 3.05) is 18.2 Å². The van der Waals surface area contributed by atoms with Crippen LogP contribution in [0.15, 0.2) is 60.3 Å². The van der Waals surface area contributed by atoms with Crippen molar-refractivity contribution < 1.29 is 13.9 Å². The SMILES string of the molecule is C=CCn1c(SCC(=O)Nc2cc(F)ccc2C)nnc1-c1ccccc1OC. The van der Waals surface area contributed by atoms with Crippen molar-refractivity contribution in [3.8, 4) is 17.1 Å². The molecule has 0 fully saturated rings. The van der Waals surface area contributed by atoms with Gasteiger partial charge in [-0.2, -0.15) is 0 Å². The van der Waals surface area contributed by atoms with Gasteiger partial charge >= 0.3 is 0 Å². The quantitative estimate of drug-likeness (QED) is 0.441. The van der Waals surface area contributed by atoms with Gasteiger partial charge in [0.05, 0.1) is 18.4 Å². The molecule has 0 spiro atoms. The minimum Gasteiger partial charge on any atom is -0.496 e. The third kappa shape index (κ3) is 4.83. The Morgan fingerprint density at radius 1 is 1.31 bits per heavy atom. The van der Waals surface area contributed by atoms with Crippen LogP contribution >= 0.6 is 11.8 Å². The molecule has 3 rings (SSSR count). The number of ether oxygens (including phenoxy) is 1. The number of para-hydroxylation sites is 1. The van der Waals surface area contributed by atoms with Crippen molar-refractivity contribution in [3.63, 3.8) is 0 Å². The summed E-state index contributed by atoms with van der Waals surface area (Å²) < 4.78 is 20.7. The number of hydrogen-bond donors (Lipinski definition) is 1. The first kappa shape index (κ1) is 20.6. The maximum atomic E-state index is 13.4. The molecule has 0 atom stereocenters. The molecule has 6 nitrogen and oxygen atoms in total. The maximum Gasteiger partial charge on any atom is 0.234 e. The molecule has 1 aromatic heterocycles. The van der Waals surface area contributed by atoms with Gasteiger partial charge in [-0.25, -0.2) is 4.39 Å². The van der Waals surface area contributed by atoms with Crippen LogP contribution in [0.1, 0.15) is 5.56 Å². The van der Waals surface area contributed by atoms with E-state index in [2.05, 4.69) is 22.1 Å². The summed E-state index contributed by atoms with van der Waals surface area (Å²) in [5, 5.41) is 11.8. The predicted octanol–water partition coefficient (Wildman–Crippen LogP) is 4.32. The minimum atomic E-state index is -0.397. The van der Waals surface area contributed by atoms with Gasteiger partial charge in [0.15, 0.2) is 11.0 Å². The molecule has 8 heteroatoms. The van der Waals surface area contributed by atoms with Gasteiger partial charge < -0.3 is 10.1 Å². The fourth-order valence-corrected chi connectivity index (χ4v) is 3.51. The van der Waals surface area contributed by atoms with Gasteiger partial charge in [0.2, 0.25) is 5.91 Å². The average Bonchev–Trinajstić information content (AvgIpc) is 3.12. The molecule has 0 radical (unpaired) electrons. The van der Waals surface area contributed by atoms with E-state index in [1.165, 1.54) is 23.9 Å². The number of aryl methyl sites for hydroxylation is 1. The molecule has 29 heavy (non-hydrogen) atoms. The lowest BCUT2D eigenvalue weighted by Crippen LogP contribution is -2.15. The van der Waals surface area contributed by atoms with Crippen LogP contribution in [-0.2, 0) is 11.3 Å². The second-order valence-corrected chi connectivity index (χ2v) is 7.14. The molecule has 0 saturated carbocycles. The number of rotatable bonds is 8. The Kier molecular flexibility index (Phi) is 6.66. The minimum absolute atomic E-state index is 0.108. The van der Waals surface area contributed by atoms with Gasteiger partial charge in [0, 0.05) is 12.2 Å². The number of benzene rings is 2. The Morgan fingerprint density at radius 2 is 2.10 bits per heavy atom. The summed E-state index contributed by atoms with van der Waals surface area (Å²) in [5.41, 5.74) is 2.05. The Balaban J connectivity index is 1.77. The second-order valence-electron chi connectivity index (χ2n) is 6.20. The number of nitrogens with one attached hydrogen (secondary N) is 1. The van der Waals surface area contributed by atoms with Gasteiger partial charge in [-0.1, -0.05) is 36.0 Å². The van der Waals surface area contributed by atoms with Crippen LogP contribution in [-0.4, -0.2) is 33.5 Å². The Morgan fingerprint density at radius 3 is 2.86 bits per heavy atom. The zero-order chi connectivity index (χ0) is 20.8. The molecule has 0 saturated heterocycles. The molecule has 0 aliphatic carbocycles. The molecule has 1 heterocycles. The molecule has 1 N–H and O–H groups in total. The third-order valence-electron chi connectivity index (χ3n) is 4.18. The van der Waals surface area contributed by atoms with E-state index in [1.807, 2.05) is 35.8 Å². The number of carbonyl (C=O) groups excluding carboxylic acids is 1. The first-order valence-electron chi connectivity index (χ1n) is 8.89. The van der Waals surface area contributed by atoms with Gasteiger partial charge in [0.1, 0.15) is 11.6 Å². The number of methoxy groups -OCH3 is 1. The number of halogens is 1. The molecule has 150 valence electrons. The molecule has 0 unspecified atom stereocenters. The van der Waals surface area contributed by atoms with Crippen LogP contribution < -0.4 is 10.1 Å². The van der Waals surface area contributed by atoms with Crippen molar-refractivity contribution in [3.05, 3.63) is 66.5 Å². The lowest BCUT2D eigenvalue weighted by molar-refractivity contribution is -0.113. The number of nitrogens with zero attached hydrogens (tertiary/aromatic N) is 3. The van der Waals surface area contributed by atoms with Crippen molar-refractivity contribution in [1.29, 1.82) is 0 Å². The normalized spacial score (nSPS) is 10.6. The van der Waals surface area contributed by atoms with E-state index >= 15 is 0 Å². The molecular formula is C21H21FN4O2S. The Labute approximate surface area is 172 Å². The average molecular weight is 412 g/mol. The highest BCUT2D eigenvalue weighted by Crippen LogP contribution is 2.31. The number of amides is 1. The van der Waals surface area contributed by atoms with Crippen LogP contribution in [0.4, 0.5) is 10.1 Å². The highest BCUT2D eigenvalue weighted by molar-refractivity contribution is 7.99. The summed E-state index contributed by atoms with van der Waals surface area (Å²) in [5.74, 6) is 0.769. The molecular weight excluding hydrogens is 391 g/mol. The number of anilines is 1. The van der Waals surface area contributed by atoms with E-state index in [1.54, 1.807) is 19.3 Å². The largest absolute Gasteiger partial charge is 0.496 e. The summed E-state index contributed by atoms with van der Waals surface area (Å²) >= 11 is 1.25. The number of carbonyl (C=O) groups is 1. The molecule has 0 aliphatic rings. The summed E-state index contributed by atoms with van der Waals surface area (Å²) in [6.07, 6.45) is 1.74. The lowest BCUT2D eigenvalue weighted by atomic mass is 10.2. The first-order chi connectivity index (χ1) is 14.0. The Hall–Kier alpha value is -3.13. The zero-order valence-electron chi connectivity index (χ0n) is 16.2. The van der Waals surface area contributed by atoms with Crippen LogP contribution in [0.25, 0.3) is 11.4 Å². The molecule has 2 aromatic carbocycles. The summed E-state index contributed by atoms with van der Waals surface area (Å²) in [4.78, 5) is 12.3. The number of aromatic nitrogens is 3. The van der Waals surface area contributed by atoms with Crippen LogP contribution in [0, 0.1) is 12.7 Å². The molecule has 0 bridgehead atoms. The fourth-order valence-electron chi connectivity index (χ4n) is 2.76. The van der Waals surface area contributed by atoms with Gasteiger partial charge in [0.25, 0.3) is 0 Å². The topological polar surface area (TPSA) is 69.0 Å². The van der Waals surface area contributed by atoms with E-state index in [0.29, 0.717) is 29.0 Å². The van der Waals surface area contributed by atoms with Crippen molar-refractivity contribution in [1.82, 2.24) is 14.8 Å². The summed E-state index contributed by atoms with van der Waals surface area (Å²) in [6.45, 7) is 6.08. The van der Waals surface area contributed by atoms with Crippen LogP contribution in [0.5, 0.6) is 5.75 Å². The maximum absolute atomic E-state index is 13.4. The fraction of sp³-hybridized carbons (Fsp3) is 0.190. The van der Waals surface area contributed by atoms with Gasteiger partial charge in [-0.05, 0) is 36.8 Å². The van der Waals surface area contributed by atoms with Crippen molar-refractivity contribution >= 4 is 23.4 Å². The van der Waals surface area contributed by atoms with E-state index < -0.39 is 5.82 Å². The molecule has 1 amide bonds. The van der Waals surface area contributed by atoms with Gasteiger partial charge in [-0.15, -0.1) is 16.8 Å². The molecule has 3 aromatic rings. The predicted molar refractivity (Wildman–Crippen MR) is 113 cm³/mol. The van der Waals surface area contributed by atoms with E-state index in [0.717, 1.165) is 11.1 Å². The number of allylic oxidation sites excluding steroid dienone is 1. The monoisotopic (exact) mass is 412 g/mol. The van der Waals surface area contributed by atoms with Crippen molar-refractivity contribution in [2.45, 2.75) is 18.6 Å². The van der Waals surface area contributed by atoms with Gasteiger partial charge in [-0.3, -0.25) is 9.36 Å². The highest BCUT2D eigenvalue weighted by Gasteiger charge is 2.18. The van der Waals surface area contributed by atoms with Crippen LogP contribution in [0.2, 0.25) is 0 Å². The van der Waals surface area contributed by atoms with Crippen molar-refractivity contribution in [2.24, 2.45) is 0 Å². The van der Waals surface area contributed by atoms with E-state index in [4.69, 9.17) is 4.74 Å². The second kappa shape index (κ2) is 9.38. The standard InChI is InChI=1S/C21H21FN4O2S/c1-4-11-26-20(16-7-5-6-8-18(16)28-3)24-25-21(26)29-13-19(27)23-17-12-15(22)10-9-14(17)2/h4-10,12H,1,11,13H2,2-3H3,(H,23,27). The molecule has 0 aliphatic heterocycles. The zero-order valence-corrected chi connectivity index (χ0v) is 17.0. The number of hydrogen-bond acceptors (Lipinski definition) is 5. The first-order valence-corrected chi connectivity index (χ1v) is 9.88. The summed E-state index contributed by atoms with van der Waals surface area (Å²) in [6, 6.07) is 11.8. The third-order valence-corrected chi connectivity index (χ3v) is 5.15. The summed E-state index contributed by atoms with van der Waals surface area (Å²) in [7, 11) is 1.60. The smallest absolute Gasteiger partial charge is 0.234 e. The highest BCUT2D eigenvalue weighted by atomic mass is 32.2. The number of thioether (sulfide) groups is 1. The Bertz CT molecular complexity index is 1040. The van der Waals surface area contributed by atoms with Crippen LogP contribution in [0.3, 0.4) is 0 Å². The van der Waals surface area contributed by atoms with E-state index in [9.17, 15) is 9.18 Å². The van der Waals surface area contributed by atoms with E-state index in [-0.39, 0.29) is 11.7 Å².